The zero-order valence-electron chi connectivity index (χ0n) is 24.6. The molecule has 10 rings (SSSR count). The minimum Gasteiger partial charge on any atom is -0.493 e. The molecule has 1 saturated heterocycles. The van der Waals surface area contributed by atoms with Crippen molar-refractivity contribution in [2.75, 3.05) is 41.0 Å². The summed E-state index contributed by atoms with van der Waals surface area (Å²) >= 11 is 0. The van der Waals surface area contributed by atoms with Crippen molar-refractivity contribution in [3.05, 3.63) is 59.4 Å². The van der Waals surface area contributed by atoms with Gasteiger partial charge in [0.1, 0.15) is 29.7 Å². The number of fused-ring (bicyclic) bond motifs is 3. The van der Waals surface area contributed by atoms with E-state index in [-0.39, 0.29) is 28.5 Å². The first-order chi connectivity index (χ1) is 20.0. The highest BCUT2D eigenvalue weighted by Gasteiger charge is 2.83. The van der Waals surface area contributed by atoms with Crippen LogP contribution in [0.3, 0.4) is 0 Å². The fourth-order valence-electron chi connectivity index (χ4n) is 11.0. The average Bonchev–Trinajstić information content (AvgIpc) is 3.56. The van der Waals surface area contributed by atoms with Crippen LogP contribution in [0.2, 0.25) is 0 Å². The van der Waals surface area contributed by atoms with E-state index in [2.05, 4.69) is 37.4 Å². The van der Waals surface area contributed by atoms with Crippen LogP contribution in [-0.4, -0.2) is 63.2 Å². The second-order valence-corrected chi connectivity index (χ2v) is 14.4. The molecule has 4 saturated carbocycles. The Kier molecular flexibility index (Phi) is 5.06. The van der Waals surface area contributed by atoms with Crippen molar-refractivity contribution in [3.8, 4) is 11.5 Å². The van der Waals surface area contributed by atoms with Crippen molar-refractivity contribution in [1.82, 2.24) is 0 Å². The summed E-state index contributed by atoms with van der Waals surface area (Å²) < 4.78 is 33.6. The van der Waals surface area contributed by atoms with Gasteiger partial charge in [-0.25, -0.2) is 0 Å². The van der Waals surface area contributed by atoms with Crippen LogP contribution >= 0.6 is 0 Å². The molecule has 3 aromatic rings. The molecule has 41 heavy (non-hydrogen) atoms. The first kappa shape index (κ1) is 25.0. The van der Waals surface area contributed by atoms with Crippen LogP contribution in [0.5, 0.6) is 11.5 Å². The lowest BCUT2D eigenvalue weighted by molar-refractivity contribution is -0.952. The summed E-state index contributed by atoms with van der Waals surface area (Å²) in [6.07, 6.45) is 8.49. The van der Waals surface area contributed by atoms with Crippen LogP contribution in [0.25, 0.3) is 11.0 Å². The minimum absolute atomic E-state index is 0.00942. The van der Waals surface area contributed by atoms with Gasteiger partial charge in [0.2, 0.25) is 0 Å². The van der Waals surface area contributed by atoms with Gasteiger partial charge in [-0.3, -0.25) is 0 Å². The Hall–Kier alpha value is -2.54. The largest absolute Gasteiger partial charge is 0.493 e. The zero-order valence-corrected chi connectivity index (χ0v) is 24.6. The van der Waals surface area contributed by atoms with Gasteiger partial charge in [0.05, 0.1) is 45.3 Å². The van der Waals surface area contributed by atoms with Gasteiger partial charge in [0.15, 0.2) is 11.5 Å². The lowest BCUT2D eigenvalue weighted by atomic mass is 9.34. The molecule has 7 atom stereocenters. The third-order valence-corrected chi connectivity index (χ3v) is 12.8. The molecule has 0 radical (unpaired) electrons. The number of rotatable bonds is 8. The number of ether oxygens (including phenoxy) is 4. The van der Waals surface area contributed by atoms with E-state index in [4.69, 9.17) is 23.4 Å². The maximum absolute atomic E-state index is 7.19. The number of para-hydroxylation sites is 1. The highest BCUT2D eigenvalue weighted by Crippen LogP contribution is 2.77. The molecular weight excluding hydrogens is 514 g/mol. The Morgan fingerprint density at radius 1 is 1.05 bits per heavy atom. The van der Waals surface area contributed by atoms with Crippen LogP contribution in [0.15, 0.2) is 46.9 Å². The van der Waals surface area contributed by atoms with E-state index in [0.29, 0.717) is 19.3 Å². The van der Waals surface area contributed by atoms with Crippen molar-refractivity contribution in [2.45, 2.75) is 74.7 Å². The van der Waals surface area contributed by atoms with E-state index in [0.717, 1.165) is 53.4 Å². The van der Waals surface area contributed by atoms with Crippen molar-refractivity contribution in [2.24, 2.45) is 17.3 Å². The fraction of sp³-hybridized carbons (Fsp3) is 0.600. The van der Waals surface area contributed by atoms with Crippen molar-refractivity contribution >= 4 is 11.0 Å². The molecule has 6 nitrogen and oxygen atoms in total. The lowest BCUT2D eigenvalue weighted by Crippen LogP contribution is -2.83. The highest BCUT2D eigenvalue weighted by atomic mass is 16.6. The fourth-order valence-corrected chi connectivity index (χ4v) is 11.0. The molecular formula is C35H42NO5+. The Balaban J connectivity index is 1.12. The zero-order chi connectivity index (χ0) is 27.6. The summed E-state index contributed by atoms with van der Waals surface area (Å²) in [7, 11) is 6.29. The van der Waals surface area contributed by atoms with E-state index in [9.17, 15) is 0 Å². The molecule has 7 aliphatic rings. The number of hydrogen-bond acceptors (Lipinski definition) is 5. The molecule has 0 unspecified atom stereocenters. The summed E-state index contributed by atoms with van der Waals surface area (Å²) in [6.45, 7) is 3.69. The number of hydrogen-bond donors (Lipinski definition) is 0. The Morgan fingerprint density at radius 3 is 2.73 bits per heavy atom. The summed E-state index contributed by atoms with van der Waals surface area (Å²) in [4.78, 5) is 0. The van der Waals surface area contributed by atoms with Crippen LogP contribution < -0.4 is 9.47 Å². The van der Waals surface area contributed by atoms with Crippen molar-refractivity contribution < 1.29 is 27.8 Å². The van der Waals surface area contributed by atoms with Gasteiger partial charge < -0.3 is 27.8 Å². The average molecular weight is 557 g/mol. The number of likely N-dealkylation sites (N-methyl/N-ethyl adjacent to an activating group) is 1. The van der Waals surface area contributed by atoms with Crippen molar-refractivity contribution in [3.63, 3.8) is 0 Å². The second kappa shape index (κ2) is 8.30. The van der Waals surface area contributed by atoms with Crippen LogP contribution in [0, 0.1) is 17.3 Å². The molecule has 1 aromatic heterocycles. The maximum Gasteiger partial charge on any atom is 0.165 e. The number of benzene rings is 2. The number of likely N-dealkylation sites (tertiary alicyclic amines) is 1. The molecule has 2 spiro atoms. The van der Waals surface area contributed by atoms with E-state index in [1.807, 2.05) is 19.2 Å². The van der Waals surface area contributed by atoms with Gasteiger partial charge >= 0.3 is 0 Å². The predicted molar refractivity (Wildman–Crippen MR) is 155 cm³/mol. The van der Waals surface area contributed by atoms with Gasteiger partial charge in [0.25, 0.3) is 0 Å². The molecule has 5 aliphatic carbocycles. The molecule has 6 heteroatoms. The summed E-state index contributed by atoms with van der Waals surface area (Å²) in [5.41, 5.74) is 3.67. The molecule has 5 fully saturated rings. The number of quaternary nitrogens is 1. The summed E-state index contributed by atoms with van der Waals surface area (Å²) in [5, 5.41) is 1.13. The normalized spacial score (nSPS) is 39.5. The van der Waals surface area contributed by atoms with Crippen LogP contribution in [-0.2, 0) is 27.9 Å². The topological polar surface area (TPSA) is 50.1 Å². The lowest BCUT2D eigenvalue weighted by Gasteiger charge is -2.74. The third-order valence-electron chi connectivity index (χ3n) is 12.8. The number of methoxy groups -OCH3 is 2. The Morgan fingerprint density at radius 2 is 1.93 bits per heavy atom. The molecule has 2 aliphatic heterocycles. The smallest absolute Gasteiger partial charge is 0.165 e. The van der Waals surface area contributed by atoms with E-state index in [1.54, 1.807) is 7.11 Å². The SMILES string of the molecule is COc1ccc2c3c1O[C@H]1[C@@]4(OC)CC[C@@]5(C[C@@H]4COCc4cc6ccccc6o4)[C@@H](C2)[N@@+](C)(CC2CC2)CC[C@]315. The molecule has 2 aromatic carbocycles. The van der Waals surface area contributed by atoms with Crippen LogP contribution in [0.1, 0.15) is 55.4 Å². The number of furan rings is 1. The molecule has 216 valence electrons. The predicted octanol–water partition coefficient (Wildman–Crippen LogP) is 6.03. The second-order valence-electron chi connectivity index (χ2n) is 14.4. The van der Waals surface area contributed by atoms with Gasteiger partial charge in [0, 0.05) is 48.2 Å². The number of piperidine rings is 1. The van der Waals surface area contributed by atoms with Gasteiger partial charge in [-0.1, -0.05) is 24.3 Å². The highest BCUT2D eigenvalue weighted by molar-refractivity contribution is 5.77. The number of nitrogens with zero attached hydrogens (tertiary/aromatic N) is 1. The van der Waals surface area contributed by atoms with E-state index in [1.165, 1.54) is 54.4 Å². The third kappa shape index (κ3) is 3.04. The van der Waals surface area contributed by atoms with Crippen molar-refractivity contribution in [1.29, 1.82) is 0 Å². The monoisotopic (exact) mass is 556 g/mol. The van der Waals surface area contributed by atoms with Gasteiger partial charge in [-0.15, -0.1) is 0 Å². The molecule has 0 N–H and O–H groups in total. The van der Waals surface area contributed by atoms with E-state index < -0.39 is 0 Å². The molecule has 0 amide bonds. The summed E-state index contributed by atoms with van der Waals surface area (Å²) in [6, 6.07) is 15.4. The minimum atomic E-state index is -0.379. The van der Waals surface area contributed by atoms with Gasteiger partial charge in [-0.2, -0.15) is 0 Å². The quantitative estimate of drug-likeness (QED) is 0.317. The van der Waals surface area contributed by atoms with Gasteiger partial charge in [-0.05, 0) is 55.9 Å². The van der Waals surface area contributed by atoms with Crippen LogP contribution in [0.4, 0.5) is 0 Å². The standard InChI is InChI=1S/C35H42NO5/c1-36(19-22-8-9-22)15-14-34-30-24-10-11-28(37-2)31(30)41-32(34)35(38-3)13-12-33(34,29(36)17-24)18-25(35)20-39-21-26-16-23-6-4-5-7-27(23)40-26/h4-7,10-11,16,22,25,29,32H,8-9,12-15,17-21H2,1-3H3/q+1/t25-,29-,32-,33-,34+,35-,36-/m1/s1. The molecule has 4 bridgehead atoms. The summed E-state index contributed by atoms with van der Waals surface area (Å²) in [5.74, 6) is 3.94. The molecule has 3 heterocycles. The Labute approximate surface area is 242 Å². The first-order valence-corrected chi connectivity index (χ1v) is 15.8. The Bertz CT molecular complexity index is 1510. The van der Waals surface area contributed by atoms with E-state index >= 15 is 0 Å². The first-order valence-electron chi connectivity index (χ1n) is 15.8. The maximum atomic E-state index is 7.19.